The highest BCUT2D eigenvalue weighted by atomic mass is 19.3. The number of rotatable bonds is 10. The summed E-state index contributed by atoms with van der Waals surface area (Å²) < 4.78 is 77.1. The highest BCUT2D eigenvalue weighted by molar-refractivity contribution is 5.32. The minimum Gasteiger partial charge on any atom is -0.432 e. The molecule has 0 saturated heterocycles. The molecule has 2 fully saturated rings. The molecule has 0 atom stereocenters. The zero-order chi connectivity index (χ0) is 27.1. The predicted octanol–water partition coefficient (Wildman–Crippen LogP) is 9.83. The van der Waals surface area contributed by atoms with Crippen molar-refractivity contribution in [2.45, 2.75) is 90.1 Å². The van der Waals surface area contributed by atoms with Crippen LogP contribution in [0.15, 0.2) is 48.6 Å². The smallest absolute Gasteiger partial charge is 0.400 e. The quantitative estimate of drug-likeness (QED) is 0.218. The molecule has 4 rings (SSSR count). The van der Waals surface area contributed by atoms with Crippen LogP contribution in [0.5, 0.6) is 5.75 Å². The van der Waals surface area contributed by atoms with Crippen LogP contribution in [0.3, 0.4) is 0 Å². The van der Waals surface area contributed by atoms with E-state index in [2.05, 4.69) is 19.1 Å². The third kappa shape index (κ3) is 7.83. The topological polar surface area (TPSA) is 9.23 Å². The Balaban J connectivity index is 1.27. The molecule has 0 unspecified atom stereocenters. The summed E-state index contributed by atoms with van der Waals surface area (Å²) in [7, 11) is 0. The molecule has 2 aliphatic carbocycles. The summed E-state index contributed by atoms with van der Waals surface area (Å²) in [5.74, 6) is -1.96. The molecule has 0 spiro atoms. The third-order valence-electron chi connectivity index (χ3n) is 8.44. The van der Waals surface area contributed by atoms with Gasteiger partial charge in [0.15, 0.2) is 0 Å². The highest BCUT2D eigenvalue weighted by Gasteiger charge is 2.44. The third-order valence-corrected chi connectivity index (χ3v) is 8.44. The van der Waals surface area contributed by atoms with Crippen molar-refractivity contribution >= 4 is 0 Å². The average Bonchev–Trinajstić information content (AvgIpc) is 2.89. The van der Waals surface area contributed by atoms with Gasteiger partial charge in [-0.15, -0.1) is 0 Å². The molecule has 0 radical (unpaired) electrons. The van der Waals surface area contributed by atoms with Gasteiger partial charge in [0.05, 0.1) is 5.92 Å². The lowest BCUT2D eigenvalue weighted by Gasteiger charge is -2.32. The monoisotopic (exact) mass is 534 g/mol. The highest BCUT2D eigenvalue weighted by Crippen LogP contribution is 2.41. The molecule has 2 aromatic rings. The minimum atomic E-state index is -3.50. The number of alkyl halides is 2. The van der Waals surface area contributed by atoms with Crippen LogP contribution < -0.4 is 4.74 Å². The predicted molar refractivity (Wildman–Crippen MR) is 141 cm³/mol. The molecule has 6 heteroatoms. The molecule has 0 bridgehead atoms. The van der Waals surface area contributed by atoms with Gasteiger partial charge in [-0.05, 0) is 99.7 Å². The standard InChI is InChI=1S/C32H39F5O/c1-2-3-22-4-6-23(7-5-22)8-9-24-10-15-26(16-11-24)32(36,37)38-28-20-30(34)29(31(35)21-28)19-14-25-12-17-27(33)18-13-25/h8-9,12-13,17-18,20-24,26H,2-7,10-11,14-16,19H2,1H3/b9-8+. The van der Waals surface area contributed by atoms with Crippen LogP contribution in [0.25, 0.3) is 0 Å². The summed E-state index contributed by atoms with van der Waals surface area (Å²) in [4.78, 5) is 0. The van der Waals surface area contributed by atoms with Crippen molar-refractivity contribution < 1.29 is 26.7 Å². The summed E-state index contributed by atoms with van der Waals surface area (Å²) in [6.45, 7) is 2.24. The SMILES string of the molecule is CCCC1CCC(/C=C/C2CCC(C(F)(F)Oc3cc(F)c(CCc4ccc(F)cc4)c(F)c3)CC2)CC1. The van der Waals surface area contributed by atoms with E-state index in [1.165, 1.54) is 50.7 Å². The van der Waals surface area contributed by atoms with E-state index < -0.39 is 35.2 Å². The van der Waals surface area contributed by atoms with E-state index >= 15 is 0 Å². The van der Waals surface area contributed by atoms with Crippen molar-refractivity contribution in [3.05, 3.63) is 77.1 Å². The van der Waals surface area contributed by atoms with Crippen LogP contribution in [0.1, 0.15) is 82.3 Å². The van der Waals surface area contributed by atoms with E-state index in [9.17, 15) is 22.0 Å². The lowest BCUT2D eigenvalue weighted by molar-refractivity contribution is -0.223. The fraction of sp³-hybridized carbons (Fsp3) is 0.562. The number of hydrogen-bond acceptors (Lipinski definition) is 1. The Hall–Kier alpha value is -2.37. The fourth-order valence-electron chi connectivity index (χ4n) is 6.08. The Labute approximate surface area is 223 Å². The van der Waals surface area contributed by atoms with Gasteiger partial charge in [-0.2, -0.15) is 8.78 Å². The summed E-state index contributed by atoms with van der Waals surface area (Å²) >= 11 is 0. The largest absolute Gasteiger partial charge is 0.432 e. The van der Waals surface area contributed by atoms with Crippen molar-refractivity contribution in [1.82, 2.24) is 0 Å². The van der Waals surface area contributed by atoms with E-state index in [4.69, 9.17) is 4.74 Å². The first-order valence-corrected chi connectivity index (χ1v) is 14.2. The maximum atomic E-state index is 14.9. The zero-order valence-electron chi connectivity index (χ0n) is 22.2. The van der Waals surface area contributed by atoms with E-state index in [0.29, 0.717) is 43.9 Å². The lowest BCUT2D eigenvalue weighted by atomic mass is 9.78. The van der Waals surface area contributed by atoms with Gasteiger partial charge >= 0.3 is 6.11 Å². The number of ether oxygens (including phenoxy) is 1. The minimum absolute atomic E-state index is 0.0255. The second-order valence-corrected chi connectivity index (χ2v) is 11.2. The summed E-state index contributed by atoms with van der Waals surface area (Å²) in [6, 6.07) is 7.33. The Morgan fingerprint density at radius 2 is 1.34 bits per heavy atom. The van der Waals surface area contributed by atoms with Gasteiger partial charge in [0, 0.05) is 17.7 Å². The molecule has 1 nitrogen and oxygen atoms in total. The van der Waals surface area contributed by atoms with Crippen LogP contribution >= 0.6 is 0 Å². The van der Waals surface area contributed by atoms with E-state index in [0.717, 1.165) is 23.6 Å². The molecular weight excluding hydrogens is 495 g/mol. The number of hydrogen-bond donors (Lipinski definition) is 0. The van der Waals surface area contributed by atoms with Gasteiger partial charge in [-0.25, -0.2) is 13.2 Å². The molecule has 0 amide bonds. The lowest BCUT2D eigenvalue weighted by Crippen LogP contribution is -2.37. The van der Waals surface area contributed by atoms with Crippen molar-refractivity contribution in [3.8, 4) is 5.75 Å². The van der Waals surface area contributed by atoms with Crippen LogP contribution in [-0.2, 0) is 12.8 Å². The Morgan fingerprint density at radius 1 is 0.789 bits per heavy atom. The molecule has 0 heterocycles. The van der Waals surface area contributed by atoms with E-state index in [1.807, 2.05) is 0 Å². The Bertz CT molecular complexity index is 1030. The Morgan fingerprint density at radius 3 is 1.89 bits per heavy atom. The number of allylic oxidation sites excluding steroid dienone is 2. The van der Waals surface area contributed by atoms with Crippen LogP contribution in [0.2, 0.25) is 0 Å². The van der Waals surface area contributed by atoms with Crippen molar-refractivity contribution in [2.24, 2.45) is 23.7 Å². The number of benzene rings is 2. The van der Waals surface area contributed by atoms with Gasteiger partial charge < -0.3 is 4.74 Å². The average molecular weight is 535 g/mol. The van der Waals surface area contributed by atoms with E-state index in [-0.39, 0.29) is 12.0 Å². The molecular formula is C32H39F5O. The van der Waals surface area contributed by atoms with Crippen molar-refractivity contribution in [3.63, 3.8) is 0 Å². The number of aryl methyl sites for hydroxylation is 1. The van der Waals surface area contributed by atoms with Gasteiger partial charge in [0.1, 0.15) is 23.2 Å². The molecule has 2 aromatic carbocycles. The first kappa shape index (κ1) is 28.6. The molecule has 0 aliphatic heterocycles. The molecule has 38 heavy (non-hydrogen) atoms. The number of halogens is 5. The maximum absolute atomic E-state index is 14.9. The Kier molecular flexibility index (Phi) is 9.89. The van der Waals surface area contributed by atoms with Gasteiger partial charge in [-0.1, -0.05) is 44.1 Å². The van der Waals surface area contributed by atoms with Crippen molar-refractivity contribution in [2.75, 3.05) is 0 Å². The van der Waals surface area contributed by atoms with Crippen LogP contribution in [0, 0.1) is 41.1 Å². The fourth-order valence-corrected chi connectivity index (χ4v) is 6.08. The first-order chi connectivity index (χ1) is 18.2. The van der Waals surface area contributed by atoms with E-state index in [1.54, 1.807) is 12.1 Å². The zero-order valence-corrected chi connectivity index (χ0v) is 22.2. The molecule has 2 aliphatic rings. The summed E-state index contributed by atoms with van der Waals surface area (Å²) in [5, 5.41) is 0. The second kappa shape index (κ2) is 13.1. The summed E-state index contributed by atoms with van der Waals surface area (Å²) in [6.07, 6.45) is 10.9. The maximum Gasteiger partial charge on any atom is 0.400 e. The van der Waals surface area contributed by atoms with Gasteiger partial charge in [-0.3, -0.25) is 0 Å². The molecule has 0 aromatic heterocycles. The summed E-state index contributed by atoms with van der Waals surface area (Å²) in [5.41, 5.74) is 0.526. The molecule has 0 N–H and O–H groups in total. The van der Waals surface area contributed by atoms with Crippen LogP contribution in [0.4, 0.5) is 22.0 Å². The molecule has 208 valence electrons. The first-order valence-electron chi connectivity index (χ1n) is 14.2. The van der Waals surface area contributed by atoms with Crippen LogP contribution in [-0.4, -0.2) is 6.11 Å². The molecule has 2 saturated carbocycles. The second-order valence-electron chi connectivity index (χ2n) is 11.2. The van der Waals surface area contributed by atoms with Crippen molar-refractivity contribution in [1.29, 1.82) is 0 Å². The van der Waals surface area contributed by atoms with Gasteiger partial charge in [0.2, 0.25) is 0 Å². The van der Waals surface area contributed by atoms with Gasteiger partial charge in [0.25, 0.3) is 0 Å². The normalized spacial score (nSPS) is 24.6.